The maximum Gasteiger partial charge on any atom is 0.0738 e. The van der Waals surface area contributed by atoms with Crippen molar-refractivity contribution in [1.29, 1.82) is 0 Å². The zero-order valence-electron chi connectivity index (χ0n) is 6.99. The van der Waals surface area contributed by atoms with E-state index in [4.69, 9.17) is 5.73 Å². The van der Waals surface area contributed by atoms with Crippen molar-refractivity contribution in [3.8, 4) is 0 Å². The van der Waals surface area contributed by atoms with Crippen LogP contribution in [-0.4, -0.2) is 15.0 Å². The summed E-state index contributed by atoms with van der Waals surface area (Å²) >= 11 is 0. The normalized spacial score (nSPS) is 10.9. The maximum absolute atomic E-state index is 5.47. The minimum absolute atomic E-state index is 0.514. The highest BCUT2D eigenvalue weighted by Crippen LogP contribution is 2.00. The van der Waals surface area contributed by atoms with Crippen molar-refractivity contribution in [3.05, 3.63) is 11.9 Å². The number of rotatable bonds is 3. The molecule has 1 aromatic heterocycles. The molecule has 0 aliphatic carbocycles. The summed E-state index contributed by atoms with van der Waals surface area (Å²) in [5.41, 5.74) is 6.47. The Bertz CT molecular complexity index is 216. The molecule has 11 heavy (non-hydrogen) atoms. The van der Waals surface area contributed by atoms with Gasteiger partial charge in [-0.1, -0.05) is 19.1 Å². The molecule has 4 heteroatoms. The minimum atomic E-state index is 0.514. The molecule has 0 aliphatic heterocycles. The van der Waals surface area contributed by atoms with Gasteiger partial charge in [0.1, 0.15) is 0 Å². The van der Waals surface area contributed by atoms with E-state index in [0.717, 1.165) is 12.2 Å². The van der Waals surface area contributed by atoms with Crippen molar-refractivity contribution < 1.29 is 0 Å². The molecule has 1 rings (SSSR count). The fraction of sp³-hybridized carbons (Fsp3) is 0.714. The molecule has 4 nitrogen and oxygen atoms in total. The van der Waals surface area contributed by atoms with Crippen LogP contribution in [0.2, 0.25) is 0 Å². The van der Waals surface area contributed by atoms with E-state index >= 15 is 0 Å². The number of aromatic nitrogens is 3. The molecule has 0 radical (unpaired) electrons. The van der Waals surface area contributed by atoms with Crippen LogP contribution in [0, 0.1) is 5.92 Å². The fourth-order valence-corrected chi connectivity index (χ4v) is 0.937. The van der Waals surface area contributed by atoms with E-state index in [0.29, 0.717) is 12.5 Å². The Morgan fingerprint density at radius 1 is 1.64 bits per heavy atom. The average Bonchev–Trinajstić information content (AvgIpc) is 2.34. The van der Waals surface area contributed by atoms with E-state index in [2.05, 4.69) is 24.2 Å². The quantitative estimate of drug-likeness (QED) is 0.685. The van der Waals surface area contributed by atoms with Gasteiger partial charge in [-0.15, -0.1) is 5.10 Å². The van der Waals surface area contributed by atoms with Crippen LogP contribution in [0.15, 0.2) is 6.20 Å². The Hall–Kier alpha value is -0.900. The molecule has 0 atom stereocenters. The Balaban J connectivity index is 2.68. The van der Waals surface area contributed by atoms with Crippen molar-refractivity contribution in [2.24, 2.45) is 11.7 Å². The lowest BCUT2D eigenvalue weighted by molar-refractivity contribution is 0.459. The van der Waals surface area contributed by atoms with Crippen molar-refractivity contribution in [2.45, 2.75) is 26.9 Å². The Morgan fingerprint density at radius 3 is 2.91 bits per heavy atom. The van der Waals surface area contributed by atoms with Gasteiger partial charge in [0.2, 0.25) is 0 Å². The van der Waals surface area contributed by atoms with E-state index in [1.54, 1.807) is 6.20 Å². The molecule has 0 saturated carbocycles. The van der Waals surface area contributed by atoms with Crippen molar-refractivity contribution >= 4 is 0 Å². The molecule has 0 amide bonds. The van der Waals surface area contributed by atoms with E-state index < -0.39 is 0 Å². The Kier molecular flexibility index (Phi) is 2.59. The van der Waals surface area contributed by atoms with Crippen LogP contribution in [0.4, 0.5) is 0 Å². The van der Waals surface area contributed by atoms with Crippen LogP contribution >= 0.6 is 0 Å². The Labute approximate surface area is 66.4 Å². The number of hydrogen-bond donors (Lipinski definition) is 1. The van der Waals surface area contributed by atoms with Crippen LogP contribution < -0.4 is 5.73 Å². The first-order chi connectivity index (χ1) is 5.24. The molecule has 0 unspecified atom stereocenters. The molecule has 2 N–H and O–H groups in total. The molecule has 0 fully saturated rings. The second-order valence-electron chi connectivity index (χ2n) is 3.01. The number of hydrogen-bond acceptors (Lipinski definition) is 3. The van der Waals surface area contributed by atoms with Crippen LogP contribution in [0.5, 0.6) is 0 Å². The zero-order valence-corrected chi connectivity index (χ0v) is 6.99. The molecule has 0 aromatic carbocycles. The molecule has 0 bridgehead atoms. The van der Waals surface area contributed by atoms with Gasteiger partial charge in [0, 0.05) is 13.1 Å². The van der Waals surface area contributed by atoms with E-state index in [1.807, 2.05) is 4.68 Å². The van der Waals surface area contributed by atoms with Crippen LogP contribution in [0.1, 0.15) is 19.5 Å². The smallest absolute Gasteiger partial charge is 0.0738 e. The van der Waals surface area contributed by atoms with E-state index in [-0.39, 0.29) is 0 Å². The average molecular weight is 154 g/mol. The summed E-state index contributed by atoms with van der Waals surface area (Å²) in [6.45, 7) is 5.69. The second-order valence-corrected chi connectivity index (χ2v) is 3.01. The van der Waals surface area contributed by atoms with Gasteiger partial charge in [-0.2, -0.15) is 0 Å². The summed E-state index contributed by atoms with van der Waals surface area (Å²) < 4.78 is 1.85. The van der Waals surface area contributed by atoms with Gasteiger partial charge in [0.25, 0.3) is 0 Å². The molecule has 0 aliphatic rings. The lowest BCUT2D eigenvalue weighted by Crippen LogP contribution is -2.12. The van der Waals surface area contributed by atoms with E-state index in [1.165, 1.54) is 0 Å². The predicted molar refractivity (Wildman–Crippen MR) is 42.8 cm³/mol. The third-order valence-corrected chi connectivity index (χ3v) is 1.45. The van der Waals surface area contributed by atoms with Gasteiger partial charge in [0.15, 0.2) is 0 Å². The molecule has 1 aromatic rings. The topological polar surface area (TPSA) is 56.7 Å². The molecule has 0 spiro atoms. The SMILES string of the molecule is CC(C)Cn1nncc1CN. The summed E-state index contributed by atoms with van der Waals surface area (Å²) in [6, 6.07) is 0. The first-order valence-corrected chi connectivity index (χ1v) is 3.81. The molecular formula is C7H14N4. The third-order valence-electron chi connectivity index (χ3n) is 1.45. The van der Waals surface area contributed by atoms with Crippen molar-refractivity contribution in [2.75, 3.05) is 0 Å². The lowest BCUT2D eigenvalue weighted by atomic mass is 10.2. The van der Waals surface area contributed by atoms with Crippen LogP contribution in [0.3, 0.4) is 0 Å². The van der Waals surface area contributed by atoms with Gasteiger partial charge < -0.3 is 5.73 Å². The highest BCUT2D eigenvalue weighted by atomic mass is 15.4. The summed E-state index contributed by atoms with van der Waals surface area (Å²) in [5, 5.41) is 7.69. The van der Waals surface area contributed by atoms with Crippen LogP contribution in [0.25, 0.3) is 0 Å². The largest absolute Gasteiger partial charge is 0.325 e. The number of nitrogens with two attached hydrogens (primary N) is 1. The number of nitrogens with zero attached hydrogens (tertiary/aromatic N) is 3. The van der Waals surface area contributed by atoms with Crippen molar-refractivity contribution in [3.63, 3.8) is 0 Å². The standard InChI is InChI=1S/C7H14N4/c1-6(2)5-11-7(3-8)4-9-10-11/h4,6H,3,5,8H2,1-2H3. The second kappa shape index (κ2) is 3.48. The monoisotopic (exact) mass is 154 g/mol. The first kappa shape index (κ1) is 8.20. The van der Waals surface area contributed by atoms with Gasteiger partial charge in [0.05, 0.1) is 11.9 Å². The Morgan fingerprint density at radius 2 is 2.36 bits per heavy atom. The molecule has 62 valence electrons. The molecular weight excluding hydrogens is 140 g/mol. The fourth-order valence-electron chi connectivity index (χ4n) is 0.937. The van der Waals surface area contributed by atoms with Gasteiger partial charge >= 0.3 is 0 Å². The molecule has 1 heterocycles. The predicted octanol–water partition coefficient (Wildman–Crippen LogP) is 0.393. The molecule has 0 saturated heterocycles. The van der Waals surface area contributed by atoms with Crippen molar-refractivity contribution in [1.82, 2.24) is 15.0 Å². The zero-order chi connectivity index (χ0) is 8.27. The maximum atomic E-state index is 5.47. The third kappa shape index (κ3) is 2.01. The first-order valence-electron chi connectivity index (χ1n) is 3.81. The summed E-state index contributed by atoms with van der Waals surface area (Å²) in [7, 11) is 0. The van der Waals surface area contributed by atoms with Gasteiger partial charge in [-0.25, -0.2) is 4.68 Å². The summed E-state index contributed by atoms with van der Waals surface area (Å²) in [4.78, 5) is 0. The van der Waals surface area contributed by atoms with Gasteiger partial charge in [-0.3, -0.25) is 0 Å². The summed E-state index contributed by atoms with van der Waals surface area (Å²) in [6.07, 6.45) is 1.71. The summed E-state index contributed by atoms with van der Waals surface area (Å²) in [5.74, 6) is 0.585. The highest BCUT2D eigenvalue weighted by molar-refractivity contribution is 4.92. The van der Waals surface area contributed by atoms with Gasteiger partial charge in [-0.05, 0) is 5.92 Å². The minimum Gasteiger partial charge on any atom is -0.325 e. The van der Waals surface area contributed by atoms with Crippen LogP contribution in [-0.2, 0) is 13.1 Å². The lowest BCUT2D eigenvalue weighted by Gasteiger charge is -2.06. The highest BCUT2D eigenvalue weighted by Gasteiger charge is 2.02. The van der Waals surface area contributed by atoms with E-state index in [9.17, 15) is 0 Å².